The SMILES string of the molecule is CN1CCN=C1NCc1ccccc1Cn1cccn1. The first-order chi connectivity index (χ1) is 9.83. The Morgan fingerprint density at radius 2 is 2.05 bits per heavy atom. The topological polar surface area (TPSA) is 45.5 Å². The maximum atomic E-state index is 4.45. The van der Waals surface area contributed by atoms with Gasteiger partial charge in [0.05, 0.1) is 13.1 Å². The predicted molar refractivity (Wildman–Crippen MR) is 79.5 cm³/mol. The van der Waals surface area contributed by atoms with Gasteiger partial charge in [0, 0.05) is 32.5 Å². The van der Waals surface area contributed by atoms with E-state index in [9.17, 15) is 0 Å². The standard InChI is InChI=1S/C15H19N5/c1-19-10-8-16-15(19)17-11-13-5-2-3-6-14(13)12-20-9-4-7-18-20/h2-7,9H,8,10-12H2,1H3,(H,16,17). The lowest BCUT2D eigenvalue weighted by molar-refractivity contribution is 0.533. The molecule has 0 saturated heterocycles. The van der Waals surface area contributed by atoms with Crippen LogP contribution in [0.15, 0.2) is 47.7 Å². The summed E-state index contributed by atoms with van der Waals surface area (Å²) in [4.78, 5) is 6.60. The average molecular weight is 269 g/mol. The van der Waals surface area contributed by atoms with Crippen molar-refractivity contribution in [1.29, 1.82) is 0 Å². The lowest BCUT2D eigenvalue weighted by Crippen LogP contribution is -2.35. The van der Waals surface area contributed by atoms with Gasteiger partial charge >= 0.3 is 0 Å². The molecule has 0 radical (unpaired) electrons. The Bertz CT molecular complexity index is 588. The summed E-state index contributed by atoms with van der Waals surface area (Å²) in [7, 11) is 2.06. The zero-order valence-electron chi connectivity index (χ0n) is 11.7. The summed E-state index contributed by atoms with van der Waals surface area (Å²) in [5, 5.41) is 7.68. The molecule has 1 aromatic carbocycles. The Labute approximate surface area is 118 Å². The Balaban J connectivity index is 1.69. The molecule has 0 bridgehead atoms. The highest BCUT2D eigenvalue weighted by Crippen LogP contribution is 2.10. The minimum atomic E-state index is 0.792. The van der Waals surface area contributed by atoms with Crippen molar-refractivity contribution in [2.75, 3.05) is 20.1 Å². The normalized spacial score (nSPS) is 14.4. The highest BCUT2D eigenvalue weighted by atomic mass is 15.3. The third-order valence-corrected chi connectivity index (χ3v) is 3.51. The van der Waals surface area contributed by atoms with Crippen molar-refractivity contribution >= 4 is 5.96 Å². The van der Waals surface area contributed by atoms with E-state index in [0.29, 0.717) is 0 Å². The number of hydrogen-bond acceptors (Lipinski definition) is 4. The van der Waals surface area contributed by atoms with Crippen molar-refractivity contribution in [2.45, 2.75) is 13.1 Å². The van der Waals surface area contributed by atoms with E-state index >= 15 is 0 Å². The van der Waals surface area contributed by atoms with Gasteiger partial charge in [-0.2, -0.15) is 5.10 Å². The summed E-state index contributed by atoms with van der Waals surface area (Å²) in [6.07, 6.45) is 3.79. The summed E-state index contributed by atoms with van der Waals surface area (Å²) in [6.45, 7) is 3.47. The smallest absolute Gasteiger partial charge is 0.194 e. The fraction of sp³-hybridized carbons (Fsp3) is 0.333. The number of hydrogen-bond donors (Lipinski definition) is 1. The number of benzene rings is 1. The second-order valence-corrected chi connectivity index (χ2v) is 4.95. The van der Waals surface area contributed by atoms with Gasteiger partial charge in [-0.25, -0.2) is 0 Å². The van der Waals surface area contributed by atoms with Gasteiger partial charge in [0.2, 0.25) is 0 Å². The summed E-state index contributed by atoms with van der Waals surface area (Å²) in [5.74, 6) is 0.985. The monoisotopic (exact) mass is 269 g/mol. The second kappa shape index (κ2) is 5.77. The van der Waals surface area contributed by atoms with Crippen LogP contribution in [0, 0.1) is 0 Å². The molecule has 2 heterocycles. The molecule has 5 heteroatoms. The Morgan fingerprint density at radius 3 is 2.75 bits per heavy atom. The minimum Gasteiger partial charge on any atom is -0.352 e. The highest BCUT2D eigenvalue weighted by molar-refractivity contribution is 5.81. The van der Waals surface area contributed by atoms with Gasteiger partial charge in [-0.15, -0.1) is 0 Å². The molecule has 5 nitrogen and oxygen atoms in total. The summed E-state index contributed by atoms with van der Waals surface area (Å²) < 4.78 is 1.94. The Morgan fingerprint density at radius 1 is 1.20 bits per heavy atom. The number of nitrogens with one attached hydrogen (secondary N) is 1. The maximum Gasteiger partial charge on any atom is 0.194 e. The van der Waals surface area contributed by atoms with Crippen LogP contribution in [0.4, 0.5) is 0 Å². The summed E-state index contributed by atoms with van der Waals surface area (Å²) in [5.41, 5.74) is 2.57. The first-order valence-corrected chi connectivity index (χ1v) is 6.86. The van der Waals surface area contributed by atoms with Gasteiger partial charge in [-0.1, -0.05) is 24.3 Å². The van der Waals surface area contributed by atoms with Crippen molar-refractivity contribution in [1.82, 2.24) is 20.0 Å². The highest BCUT2D eigenvalue weighted by Gasteiger charge is 2.12. The molecular weight excluding hydrogens is 250 g/mol. The third-order valence-electron chi connectivity index (χ3n) is 3.51. The maximum absolute atomic E-state index is 4.45. The van der Waals surface area contributed by atoms with E-state index in [2.05, 4.69) is 51.6 Å². The molecule has 0 aliphatic carbocycles. The molecule has 20 heavy (non-hydrogen) atoms. The molecule has 1 aliphatic heterocycles. The van der Waals surface area contributed by atoms with E-state index in [4.69, 9.17) is 0 Å². The van der Waals surface area contributed by atoms with Crippen LogP contribution in [0.2, 0.25) is 0 Å². The molecule has 3 rings (SSSR count). The molecule has 0 amide bonds. The molecular formula is C15H19N5. The van der Waals surface area contributed by atoms with Gasteiger partial charge in [-0.3, -0.25) is 9.67 Å². The third kappa shape index (κ3) is 2.82. The fourth-order valence-corrected chi connectivity index (χ4v) is 2.35. The van der Waals surface area contributed by atoms with Crippen LogP contribution in [0.1, 0.15) is 11.1 Å². The van der Waals surface area contributed by atoms with E-state index in [1.54, 1.807) is 0 Å². The van der Waals surface area contributed by atoms with E-state index in [-0.39, 0.29) is 0 Å². The van der Waals surface area contributed by atoms with Crippen molar-refractivity contribution < 1.29 is 0 Å². The van der Waals surface area contributed by atoms with Crippen LogP contribution in [-0.4, -0.2) is 40.8 Å². The van der Waals surface area contributed by atoms with E-state index in [1.807, 2.05) is 23.1 Å². The minimum absolute atomic E-state index is 0.792. The molecule has 104 valence electrons. The number of aliphatic imine (C=N–C) groups is 1. The Hall–Kier alpha value is -2.30. The molecule has 1 aliphatic rings. The first kappa shape index (κ1) is 12.7. The van der Waals surface area contributed by atoms with Crippen LogP contribution in [0.3, 0.4) is 0 Å². The van der Waals surface area contributed by atoms with Gasteiger partial charge in [0.25, 0.3) is 0 Å². The number of aromatic nitrogens is 2. The average Bonchev–Trinajstić information content (AvgIpc) is 3.10. The van der Waals surface area contributed by atoms with Crippen molar-refractivity contribution in [3.63, 3.8) is 0 Å². The first-order valence-electron chi connectivity index (χ1n) is 6.86. The van der Waals surface area contributed by atoms with E-state index in [1.165, 1.54) is 11.1 Å². The van der Waals surface area contributed by atoms with E-state index in [0.717, 1.165) is 32.1 Å². The van der Waals surface area contributed by atoms with Crippen molar-refractivity contribution in [3.05, 3.63) is 53.9 Å². The molecule has 0 unspecified atom stereocenters. The number of rotatable bonds is 4. The van der Waals surface area contributed by atoms with Gasteiger partial charge in [0.15, 0.2) is 5.96 Å². The van der Waals surface area contributed by atoms with Gasteiger partial charge in [0.1, 0.15) is 0 Å². The van der Waals surface area contributed by atoms with Crippen LogP contribution >= 0.6 is 0 Å². The zero-order chi connectivity index (χ0) is 13.8. The fourth-order valence-electron chi connectivity index (χ4n) is 2.35. The van der Waals surface area contributed by atoms with Gasteiger partial charge in [-0.05, 0) is 17.2 Å². The number of nitrogens with zero attached hydrogens (tertiary/aromatic N) is 4. The van der Waals surface area contributed by atoms with Crippen LogP contribution in [0.5, 0.6) is 0 Å². The zero-order valence-corrected chi connectivity index (χ0v) is 11.7. The quantitative estimate of drug-likeness (QED) is 0.910. The van der Waals surface area contributed by atoms with Gasteiger partial charge < -0.3 is 10.2 Å². The van der Waals surface area contributed by atoms with E-state index < -0.39 is 0 Å². The summed E-state index contributed by atoms with van der Waals surface area (Å²) in [6, 6.07) is 10.4. The molecule has 0 saturated carbocycles. The lowest BCUT2D eigenvalue weighted by atomic mass is 10.1. The molecule has 0 fully saturated rings. The number of likely N-dealkylation sites (N-methyl/N-ethyl adjacent to an activating group) is 1. The number of guanidine groups is 1. The molecule has 1 aromatic heterocycles. The second-order valence-electron chi connectivity index (χ2n) is 4.95. The largest absolute Gasteiger partial charge is 0.352 e. The van der Waals surface area contributed by atoms with Crippen LogP contribution in [0.25, 0.3) is 0 Å². The molecule has 2 aromatic rings. The van der Waals surface area contributed by atoms with Crippen LogP contribution < -0.4 is 5.32 Å². The summed E-state index contributed by atoms with van der Waals surface area (Å²) >= 11 is 0. The van der Waals surface area contributed by atoms with Crippen molar-refractivity contribution in [3.8, 4) is 0 Å². The van der Waals surface area contributed by atoms with Crippen molar-refractivity contribution in [2.24, 2.45) is 4.99 Å². The predicted octanol–water partition coefficient (Wildman–Crippen LogP) is 1.32. The molecule has 1 N–H and O–H groups in total. The molecule has 0 spiro atoms. The lowest BCUT2D eigenvalue weighted by Gasteiger charge is -2.16. The molecule has 0 atom stereocenters. The Kier molecular flexibility index (Phi) is 3.67. The van der Waals surface area contributed by atoms with Crippen LogP contribution in [-0.2, 0) is 13.1 Å².